The third-order valence-electron chi connectivity index (χ3n) is 4.31. The molecule has 2 aliphatic heterocycles. The van der Waals surface area contributed by atoms with Crippen LogP contribution in [0.5, 0.6) is 0 Å². The fourth-order valence-corrected chi connectivity index (χ4v) is 3.93. The Morgan fingerprint density at radius 1 is 1.19 bits per heavy atom. The zero-order valence-electron chi connectivity index (χ0n) is 12.7. The van der Waals surface area contributed by atoms with Crippen molar-refractivity contribution in [2.24, 2.45) is 5.92 Å². The standard InChI is InChI=1S/C13H25N3O4S/c1-14-13(17)11-9-15(12-3-7-20-8-4-12)5-6-16(10-11)21(2,18)19/h11-12H,3-10H2,1-2H3,(H,14,17)/t11-/m1/s1. The molecule has 0 spiro atoms. The molecule has 0 unspecified atom stereocenters. The van der Waals surface area contributed by atoms with Gasteiger partial charge in [-0.1, -0.05) is 0 Å². The number of rotatable bonds is 3. The van der Waals surface area contributed by atoms with Gasteiger partial charge >= 0.3 is 0 Å². The molecule has 8 heteroatoms. The molecular weight excluding hydrogens is 294 g/mol. The van der Waals surface area contributed by atoms with E-state index in [1.54, 1.807) is 7.05 Å². The SMILES string of the molecule is CNC(=O)[C@@H]1CN(C2CCOCC2)CCN(S(C)(=O)=O)C1. The monoisotopic (exact) mass is 319 g/mol. The molecule has 122 valence electrons. The van der Waals surface area contributed by atoms with E-state index in [4.69, 9.17) is 4.74 Å². The van der Waals surface area contributed by atoms with Gasteiger partial charge in [0.15, 0.2) is 0 Å². The lowest BCUT2D eigenvalue weighted by molar-refractivity contribution is -0.125. The third-order valence-corrected chi connectivity index (χ3v) is 5.58. The van der Waals surface area contributed by atoms with Crippen molar-refractivity contribution < 1.29 is 17.9 Å². The summed E-state index contributed by atoms with van der Waals surface area (Å²) in [5.74, 6) is -0.419. The van der Waals surface area contributed by atoms with Crippen LogP contribution in [0.3, 0.4) is 0 Å². The molecule has 1 amide bonds. The number of nitrogens with one attached hydrogen (secondary N) is 1. The summed E-state index contributed by atoms with van der Waals surface area (Å²) in [4.78, 5) is 14.3. The van der Waals surface area contributed by atoms with Crippen molar-refractivity contribution >= 4 is 15.9 Å². The molecule has 0 aromatic heterocycles. The molecule has 0 bridgehead atoms. The molecule has 0 radical (unpaired) electrons. The lowest BCUT2D eigenvalue weighted by Gasteiger charge is -2.34. The summed E-state index contributed by atoms with van der Waals surface area (Å²) in [6.45, 7) is 3.46. The first-order valence-corrected chi connectivity index (χ1v) is 9.25. The van der Waals surface area contributed by atoms with E-state index in [-0.39, 0.29) is 18.4 Å². The molecule has 1 N–H and O–H groups in total. The molecule has 0 saturated carbocycles. The predicted molar refractivity (Wildman–Crippen MR) is 79.4 cm³/mol. The molecular formula is C13H25N3O4S. The van der Waals surface area contributed by atoms with Crippen LogP contribution in [0, 0.1) is 5.92 Å². The first-order chi connectivity index (χ1) is 9.91. The Morgan fingerprint density at radius 3 is 2.43 bits per heavy atom. The largest absolute Gasteiger partial charge is 0.381 e. The molecule has 21 heavy (non-hydrogen) atoms. The van der Waals surface area contributed by atoms with Crippen molar-refractivity contribution in [1.82, 2.24) is 14.5 Å². The second-order valence-electron chi connectivity index (χ2n) is 5.77. The number of hydrogen-bond donors (Lipinski definition) is 1. The minimum atomic E-state index is -3.28. The van der Waals surface area contributed by atoms with Gasteiger partial charge in [0.1, 0.15) is 0 Å². The van der Waals surface area contributed by atoms with Gasteiger partial charge in [-0.2, -0.15) is 0 Å². The fourth-order valence-electron chi connectivity index (χ4n) is 3.06. The van der Waals surface area contributed by atoms with Gasteiger partial charge in [-0.15, -0.1) is 0 Å². The number of sulfonamides is 1. The lowest BCUT2D eigenvalue weighted by Crippen LogP contribution is -2.45. The first kappa shape index (κ1) is 16.7. The summed E-state index contributed by atoms with van der Waals surface area (Å²) in [6, 6.07) is 0.380. The molecule has 2 aliphatic rings. The van der Waals surface area contributed by atoms with Crippen LogP contribution < -0.4 is 5.32 Å². The second kappa shape index (κ2) is 7.04. The van der Waals surface area contributed by atoms with Gasteiger partial charge in [-0.05, 0) is 12.8 Å². The lowest BCUT2D eigenvalue weighted by atomic mass is 10.0. The highest BCUT2D eigenvalue weighted by Crippen LogP contribution is 2.20. The summed E-state index contributed by atoms with van der Waals surface area (Å²) in [7, 11) is -1.68. The number of ether oxygens (including phenoxy) is 1. The Bertz CT molecular complexity index is 462. The van der Waals surface area contributed by atoms with E-state index >= 15 is 0 Å². The molecule has 2 fully saturated rings. The second-order valence-corrected chi connectivity index (χ2v) is 7.75. The fraction of sp³-hybridized carbons (Fsp3) is 0.923. The van der Waals surface area contributed by atoms with Gasteiger partial charge in [-0.25, -0.2) is 12.7 Å². The van der Waals surface area contributed by atoms with Gasteiger partial charge in [0, 0.05) is 52.5 Å². The Labute approximate surface area is 126 Å². The topological polar surface area (TPSA) is 79.0 Å². The highest BCUT2D eigenvalue weighted by molar-refractivity contribution is 7.88. The summed E-state index contributed by atoms with van der Waals surface area (Å²) < 4.78 is 30.5. The minimum Gasteiger partial charge on any atom is -0.381 e. The van der Waals surface area contributed by atoms with Crippen molar-refractivity contribution in [2.45, 2.75) is 18.9 Å². The van der Waals surface area contributed by atoms with Crippen LogP contribution in [0.15, 0.2) is 0 Å². The summed E-state index contributed by atoms with van der Waals surface area (Å²) >= 11 is 0. The van der Waals surface area contributed by atoms with Crippen LogP contribution in [0.25, 0.3) is 0 Å². The van der Waals surface area contributed by atoms with Crippen LogP contribution in [0.4, 0.5) is 0 Å². The number of carbonyl (C=O) groups is 1. The Hall–Kier alpha value is -0.700. The van der Waals surface area contributed by atoms with Gasteiger partial charge in [-0.3, -0.25) is 9.69 Å². The van der Waals surface area contributed by atoms with Gasteiger partial charge < -0.3 is 10.1 Å². The first-order valence-electron chi connectivity index (χ1n) is 7.40. The molecule has 0 aromatic carbocycles. The highest BCUT2D eigenvalue weighted by Gasteiger charge is 2.34. The molecule has 0 aliphatic carbocycles. The minimum absolute atomic E-state index is 0.0948. The number of carbonyl (C=O) groups excluding carboxylic acids is 1. The van der Waals surface area contributed by atoms with E-state index in [2.05, 4.69) is 10.2 Å². The maximum absolute atomic E-state index is 12.0. The Balaban J connectivity index is 2.12. The van der Waals surface area contributed by atoms with Crippen LogP contribution in [0.1, 0.15) is 12.8 Å². The molecule has 1 atom stereocenters. The average Bonchev–Trinajstić information content (AvgIpc) is 2.70. The van der Waals surface area contributed by atoms with Crippen LogP contribution in [0.2, 0.25) is 0 Å². The van der Waals surface area contributed by atoms with Crippen LogP contribution in [-0.2, 0) is 19.6 Å². The van der Waals surface area contributed by atoms with E-state index < -0.39 is 10.0 Å². The van der Waals surface area contributed by atoms with E-state index in [1.807, 2.05) is 0 Å². The highest BCUT2D eigenvalue weighted by atomic mass is 32.2. The van der Waals surface area contributed by atoms with E-state index in [1.165, 1.54) is 10.6 Å². The Kier molecular flexibility index (Phi) is 5.59. The zero-order valence-corrected chi connectivity index (χ0v) is 13.6. The number of nitrogens with zero attached hydrogens (tertiary/aromatic N) is 2. The van der Waals surface area contributed by atoms with Crippen molar-refractivity contribution in [3.8, 4) is 0 Å². The molecule has 7 nitrogen and oxygen atoms in total. The number of hydrogen-bond acceptors (Lipinski definition) is 5. The maximum atomic E-state index is 12.0. The van der Waals surface area contributed by atoms with E-state index in [0.717, 1.165) is 26.1 Å². The van der Waals surface area contributed by atoms with Gasteiger partial charge in [0.05, 0.1) is 12.2 Å². The van der Waals surface area contributed by atoms with Crippen molar-refractivity contribution in [1.29, 1.82) is 0 Å². The van der Waals surface area contributed by atoms with E-state index in [0.29, 0.717) is 25.7 Å². The predicted octanol–water partition coefficient (Wildman–Crippen LogP) is -0.895. The third kappa shape index (κ3) is 4.38. The summed E-state index contributed by atoms with van der Waals surface area (Å²) in [5, 5.41) is 2.65. The van der Waals surface area contributed by atoms with Gasteiger partial charge in [0.2, 0.25) is 15.9 Å². The molecule has 2 heterocycles. The maximum Gasteiger partial charge on any atom is 0.225 e. The van der Waals surface area contributed by atoms with E-state index in [9.17, 15) is 13.2 Å². The van der Waals surface area contributed by atoms with Crippen molar-refractivity contribution in [3.05, 3.63) is 0 Å². The normalized spacial score (nSPS) is 27.2. The number of amides is 1. The van der Waals surface area contributed by atoms with Crippen LogP contribution in [-0.4, -0.2) is 82.3 Å². The summed E-state index contributed by atoms with van der Waals surface area (Å²) in [6.07, 6.45) is 3.09. The molecule has 2 rings (SSSR count). The molecule has 0 aromatic rings. The zero-order chi connectivity index (χ0) is 15.5. The van der Waals surface area contributed by atoms with Gasteiger partial charge in [0.25, 0.3) is 0 Å². The quantitative estimate of drug-likeness (QED) is 0.730. The van der Waals surface area contributed by atoms with Crippen molar-refractivity contribution in [3.63, 3.8) is 0 Å². The molecule has 2 saturated heterocycles. The van der Waals surface area contributed by atoms with Crippen LogP contribution >= 0.6 is 0 Å². The Morgan fingerprint density at radius 2 is 1.86 bits per heavy atom. The summed E-state index contributed by atoms with van der Waals surface area (Å²) in [5.41, 5.74) is 0. The smallest absolute Gasteiger partial charge is 0.225 e. The van der Waals surface area contributed by atoms with Crippen molar-refractivity contribution in [2.75, 3.05) is 52.7 Å². The average molecular weight is 319 g/mol.